The van der Waals surface area contributed by atoms with E-state index in [0.29, 0.717) is 18.8 Å². The Kier molecular flexibility index (Phi) is 4.12. The molecule has 0 bridgehead atoms. The summed E-state index contributed by atoms with van der Waals surface area (Å²) in [5.41, 5.74) is 0.540. The summed E-state index contributed by atoms with van der Waals surface area (Å²) >= 11 is 0. The fourth-order valence-electron chi connectivity index (χ4n) is 2.20. The summed E-state index contributed by atoms with van der Waals surface area (Å²) in [4.78, 5) is 11.1. The first kappa shape index (κ1) is 15.0. The summed E-state index contributed by atoms with van der Waals surface area (Å²) in [6, 6.07) is 3.92. The Balaban J connectivity index is 2.44. The second-order valence-corrected chi connectivity index (χ2v) is 6.71. The highest BCUT2D eigenvalue weighted by molar-refractivity contribution is 7.89. The molecule has 2 rings (SSSR count). The van der Waals surface area contributed by atoms with Crippen molar-refractivity contribution in [1.82, 2.24) is 4.31 Å². The fraction of sp³-hybridized carbons (Fsp3) is 0.462. The predicted octanol–water partition coefficient (Wildman–Crippen LogP) is 1.10. The lowest BCUT2D eigenvalue weighted by Crippen LogP contribution is -2.46. The summed E-state index contributed by atoms with van der Waals surface area (Å²) < 4.78 is 31.7. The number of aromatic carboxylic acids is 1. The lowest BCUT2D eigenvalue weighted by molar-refractivity contribution is 0.0392. The third kappa shape index (κ3) is 2.70. The third-order valence-corrected chi connectivity index (χ3v) is 5.36. The monoisotopic (exact) mass is 299 g/mol. The largest absolute Gasteiger partial charge is 0.478 e. The molecule has 7 heteroatoms. The number of morpholine rings is 1. The number of benzene rings is 1. The molecule has 1 aromatic rings. The lowest BCUT2D eigenvalue weighted by Gasteiger charge is -2.32. The molecule has 0 radical (unpaired) electrons. The molecule has 1 aliphatic rings. The zero-order valence-corrected chi connectivity index (χ0v) is 12.2. The Labute approximate surface area is 118 Å². The molecular weight excluding hydrogens is 282 g/mol. The van der Waals surface area contributed by atoms with Gasteiger partial charge in [0.05, 0.1) is 23.7 Å². The van der Waals surface area contributed by atoms with Crippen molar-refractivity contribution in [3.05, 3.63) is 29.3 Å². The van der Waals surface area contributed by atoms with E-state index >= 15 is 0 Å². The minimum atomic E-state index is -3.69. The van der Waals surface area contributed by atoms with Crippen LogP contribution < -0.4 is 0 Å². The van der Waals surface area contributed by atoms with Crippen molar-refractivity contribution < 1.29 is 23.1 Å². The van der Waals surface area contributed by atoms with Crippen molar-refractivity contribution in [2.24, 2.45) is 0 Å². The summed E-state index contributed by atoms with van der Waals surface area (Å²) in [5, 5.41) is 9.09. The molecule has 1 N–H and O–H groups in total. The van der Waals surface area contributed by atoms with Gasteiger partial charge in [0.1, 0.15) is 0 Å². The molecule has 0 aromatic heterocycles. The zero-order chi connectivity index (χ0) is 14.9. The van der Waals surface area contributed by atoms with E-state index in [4.69, 9.17) is 9.84 Å². The standard InChI is InChI=1S/C13H17NO5S/c1-9-3-4-11(7-12(9)13(15)16)20(17,18)14-5-6-19-8-10(14)2/h3-4,7,10H,5-6,8H2,1-2H3,(H,15,16)/t10-/m1/s1. The van der Waals surface area contributed by atoms with E-state index in [1.807, 2.05) is 0 Å². The van der Waals surface area contributed by atoms with Crippen LogP contribution in [0, 0.1) is 6.92 Å². The quantitative estimate of drug-likeness (QED) is 0.903. The molecular formula is C13H17NO5S. The number of sulfonamides is 1. The highest BCUT2D eigenvalue weighted by atomic mass is 32.2. The van der Waals surface area contributed by atoms with Gasteiger partial charge in [0, 0.05) is 12.6 Å². The highest BCUT2D eigenvalue weighted by Gasteiger charge is 2.32. The maximum absolute atomic E-state index is 12.6. The smallest absolute Gasteiger partial charge is 0.335 e. The Hall–Kier alpha value is -1.44. The second kappa shape index (κ2) is 5.51. The Morgan fingerprint density at radius 2 is 2.15 bits per heavy atom. The van der Waals surface area contributed by atoms with Crippen LogP contribution in [0.2, 0.25) is 0 Å². The van der Waals surface area contributed by atoms with Crippen LogP contribution in [0.4, 0.5) is 0 Å². The summed E-state index contributed by atoms with van der Waals surface area (Å²) in [6.07, 6.45) is 0. The molecule has 0 unspecified atom stereocenters. The average molecular weight is 299 g/mol. The highest BCUT2D eigenvalue weighted by Crippen LogP contribution is 2.22. The second-order valence-electron chi connectivity index (χ2n) is 4.82. The van der Waals surface area contributed by atoms with Crippen molar-refractivity contribution in [1.29, 1.82) is 0 Å². The number of ether oxygens (including phenoxy) is 1. The van der Waals surface area contributed by atoms with Crippen molar-refractivity contribution in [2.75, 3.05) is 19.8 Å². The molecule has 1 fully saturated rings. The summed E-state index contributed by atoms with van der Waals surface area (Å²) in [6.45, 7) is 4.37. The van der Waals surface area contributed by atoms with Crippen molar-refractivity contribution in [2.45, 2.75) is 24.8 Å². The Bertz CT molecular complexity index is 626. The Morgan fingerprint density at radius 3 is 2.75 bits per heavy atom. The van der Waals surface area contributed by atoms with Crippen molar-refractivity contribution >= 4 is 16.0 Å². The predicted molar refractivity (Wildman–Crippen MR) is 72.3 cm³/mol. The number of carboxylic acid groups (broad SMARTS) is 1. The molecule has 1 saturated heterocycles. The van der Waals surface area contributed by atoms with Crippen LogP contribution in [0.3, 0.4) is 0 Å². The molecule has 1 aromatic carbocycles. The molecule has 20 heavy (non-hydrogen) atoms. The minimum absolute atomic E-state index is 0.00647. The minimum Gasteiger partial charge on any atom is -0.478 e. The van der Waals surface area contributed by atoms with E-state index in [1.165, 1.54) is 22.5 Å². The Morgan fingerprint density at radius 1 is 1.45 bits per heavy atom. The van der Waals surface area contributed by atoms with Crippen LogP contribution in [0.5, 0.6) is 0 Å². The van der Waals surface area contributed by atoms with Gasteiger partial charge in [0.15, 0.2) is 0 Å². The third-order valence-electron chi connectivity index (χ3n) is 3.35. The molecule has 1 heterocycles. The number of nitrogens with zero attached hydrogens (tertiary/aromatic N) is 1. The van der Waals surface area contributed by atoms with Gasteiger partial charge < -0.3 is 9.84 Å². The molecule has 0 amide bonds. The SMILES string of the molecule is Cc1ccc(S(=O)(=O)N2CCOC[C@H]2C)cc1C(=O)O. The lowest BCUT2D eigenvalue weighted by atomic mass is 10.1. The van der Waals surface area contributed by atoms with Crippen LogP contribution >= 0.6 is 0 Å². The van der Waals surface area contributed by atoms with Gasteiger partial charge in [0.25, 0.3) is 0 Å². The van der Waals surface area contributed by atoms with Crippen molar-refractivity contribution in [3.63, 3.8) is 0 Å². The van der Waals surface area contributed by atoms with Gasteiger partial charge in [-0.15, -0.1) is 0 Å². The van der Waals surface area contributed by atoms with E-state index in [-0.39, 0.29) is 23.0 Å². The molecule has 0 aliphatic carbocycles. The number of aryl methyl sites for hydroxylation is 1. The molecule has 6 nitrogen and oxygen atoms in total. The first-order valence-electron chi connectivity index (χ1n) is 6.27. The number of carboxylic acids is 1. The fourth-order valence-corrected chi connectivity index (χ4v) is 3.82. The van der Waals surface area contributed by atoms with Crippen LogP contribution in [-0.4, -0.2) is 49.6 Å². The van der Waals surface area contributed by atoms with Gasteiger partial charge in [-0.05, 0) is 31.5 Å². The van der Waals surface area contributed by atoms with E-state index in [9.17, 15) is 13.2 Å². The maximum Gasteiger partial charge on any atom is 0.335 e. The first-order chi connectivity index (χ1) is 9.34. The molecule has 1 aliphatic heterocycles. The van der Waals surface area contributed by atoms with E-state index in [1.54, 1.807) is 13.8 Å². The van der Waals surface area contributed by atoms with Crippen LogP contribution in [0.1, 0.15) is 22.8 Å². The molecule has 1 atom stereocenters. The van der Waals surface area contributed by atoms with Gasteiger partial charge in [-0.1, -0.05) is 6.07 Å². The van der Waals surface area contributed by atoms with Crippen LogP contribution in [0.25, 0.3) is 0 Å². The van der Waals surface area contributed by atoms with Gasteiger partial charge in [-0.25, -0.2) is 13.2 Å². The van der Waals surface area contributed by atoms with Gasteiger partial charge in [-0.2, -0.15) is 4.31 Å². The van der Waals surface area contributed by atoms with Crippen LogP contribution in [-0.2, 0) is 14.8 Å². The molecule has 0 spiro atoms. The molecule has 0 saturated carbocycles. The summed E-state index contributed by atoms with van der Waals surface area (Å²) in [5.74, 6) is -1.13. The topological polar surface area (TPSA) is 83.9 Å². The zero-order valence-electron chi connectivity index (χ0n) is 11.4. The van der Waals surface area contributed by atoms with Crippen LogP contribution in [0.15, 0.2) is 23.1 Å². The maximum atomic E-state index is 12.6. The first-order valence-corrected chi connectivity index (χ1v) is 7.71. The summed E-state index contributed by atoms with van der Waals surface area (Å²) in [7, 11) is -3.69. The van der Waals surface area contributed by atoms with E-state index in [0.717, 1.165) is 0 Å². The van der Waals surface area contributed by atoms with Gasteiger partial charge in [0.2, 0.25) is 10.0 Å². The van der Waals surface area contributed by atoms with E-state index in [2.05, 4.69) is 0 Å². The van der Waals surface area contributed by atoms with Gasteiger partial charge in [-0.3, -0.25) is 0 Å². The van der Waals surface area contributed by atoms with Gasteiger partial charge >= 0.3 is 5.97 Å². The number of rotatable bonds is 3. The average Bonchev–Trinajstić information content (AvgIpc) is 2.38. The van der Waals surface area contributed by atoms with Crippen molar-refractivity contribution in [3.8, 4) is 0 Å². The normalized spacial score (nSPS) is 20.8. The number of hydrogen-bond acceptors (Lipinski definition) is 4. The van der Waals surface area contributed by atoms with E-state index < -0.39 is 16.0 Å². The number of carbonyl (C=O) groups is 1. The number of hydrogen-bond donors (Lipinski definition) is 1. The molecule has 110 valence electrons.